The number of carbonyl (C=O) groups excluding carboxylic acids is 1. The number of rotatable bonds is 5. The zero-order chi connectivity index (χ0) is 21.2. The standard InChI is InChI=1S/C23H21FN6O/c24-20-8-6-17(7-9-20)19-12-25-29(13-19)16-23(31)28-11-10-21(14-28)30-15-22(26-27-30)18-4-2-1-3-5-18/h1-9,12-13,15,21H,10-11,14,16H2. The highest BCUT2D eigenvalue weighted by molar-refractivity contribution is 5.76. The van der Waals surface area contributed by atoms with Crippen LogP contribution in [-0.2, 0) is 11.3 Å². The van der Waals surface area contributed by atoms with E-state index in [4.69, 9.17) is 0 Å². The molecule has 1 atom stereocenters. The number of benzene rings is 2. The highest BCUT2D eigenvalue weighted by Crippen LogP contribution is 2.24. The van der Waals surface area contributed by atoms with Crippen LogP contribution in [0.1, 0.15) is 12.5 Å². The third-order valence-electron chi connectivity index (χ3n) is 5.58. The summed E-state index contributed by atoms with van der Waals surface area (Å²) in [5, 5.41) is 12.8. The van der Waals surface area contributed by atoms with Gasteiger partial charge in [-0.15, -0.1) is 5.10 Å². The lowest BCUT2D eigenvalue weighted by atomic mass is 10.1. The number of amides is 1. The lowest BCUT2D eigenvalue weighted by molar-refractivity contribution is -0.131. The molecule has 4 aromatic rings. The molecule has 0 radical (unpaired) electrons. The fraction of sp³-hybridized carbons (Fsp3) is 0.217. The van der Waals surface area contributed by atoms with E-state index in [1.165, 1.54) is 12.1 Å². The van der Waals surface area contributed by atoms with E-state index in [0.29, 0.717) is 13.1 Å². The van der Waals surface area contributed by atoms with Gasteiger partial charge >= 0.3 is 0 Å². The summed E-state index contributed by atoms with van der Waals surface area (Å²) in [6.45, 7) is 1.44. The van der Waals surface area contributed by atoms with Gasteiger partial charge in [-0.05, 0) is 24.1 Å². The van der Waals surface area contributed by atoms with E-state index in [-0.39, 0.29) is 24.3 Å². The predicted molar refractivity (Wildman–Crippen MR) is 113 cm³/mol. The number of aromatic nitrogens is 5. The van der Waals surface area contributed by atoms with Crippen molar-refractivity contribution in [3.8, 4) is 22.4 Å². The van der Waals surface area contributed by atoms with Gasteiger partial charge < -0.3 is 4.90 Å². The highest BCUT2D eigenvalue weighted by atomic mass is 19.1. The second-order valence-corrected chi connectivity index (χ2v) is 7.67. The first-order chi connectivity index (χ1) is 15.2. The lowest BCUT2D eigenvalue weighted by Gasteiger charge is -2.16. The molecule has 1 saturated heterocycles. The van der Waals surface area contributed by atoms with Crippen molar-refractivity contribution in [1.29, 1.82) is 0 Å². The van der Waals surface area contributed by atoms with Crippen LogP contribution < -0.4 is 0 Å². The lowest BCUT2D eigenvalue weighted by Crippen LogP contribution is -2.32. The SMILES string of the molecule is O=C(Cn1cc(-c2ccc(F)cc2)cn1)N1CCC(n2cc(-c3ccccc3)nn2)C1. The number of carbonyl (C=O) groups is 1. The predicted octanol–water partition coefficient (Wildman–Crippen LogP) is 3.42. The molecule has 0 saturated carbocycles. The number of hydrogen-bond acceptors (Lipinski definition) is 4. The quantitative estimate of drug-likeness (QED) is 0.500. The van der Waals surface area contributed by atoms with Crippen LogP contribution >= 0.6 is 0 Å². The molecule has 5 rings (SSSR count). The molecule has 1 unspecified atom stereocenters. The van der Waals surface area contributed by atoms with E-state index in [1.54, 1.807) is 23.0 Å². The molecule has 0 N–H and O–H groups in total. The second-order valence-electron chi connectivity index (χ2n) is 7.67. The average molecular weight is 416 g/mol. The number of nitrogens with zero attached hydrogens (tertiary/aromatic N) is 6. The minimum Gasteiger partial charge on any atom is -0.339 e. The van der Waals surface area contributed by atoms with Gasteiger partial charge in [0.25, 0.3) is 0 Å². The Hall–Kier alpha value is -3.81. The molecule has 1 aliphatic rings. The van der Waals surface area contributed by atoms with Crippen molar-refractivity contribution < 1.29 is 9.18 Å². The highest BCUT2D eigenvalue weighted by Gasteiger charge is 2.28. The zero-order valence-electron chi connectivity index (χ0n) is 16.8. The Bertz CT molecular complexity index is 1180. The van der Waals surface area contributed by atoms with Crippen molar-refractivity contribution in [3.05, 3.63) is 79.0 Å². The summed E-state index contributed by atoms with van der Waals surface area (Å²) in [6, 6.07) is 16.3. The molecular formula is C23H21FN6O. The molecule has 31 heavy (non-hydrogen) atoms. The molecule has 1 aliphatic heterocycles. The minimum absolute atomic E-state index is 0.0136. The molecule has 0 aliphatic carbocycles. The smallest absolute Gasteiger partial charge is 0.244 e. The number of hydrogen-bond donors (Lipinski definition) is 0. The van der Waals surface area contributed by atoms with Crippen LogP contribution in [0, 0.1) is 5.82 Å². The Morgan fingerprint density at radius 1 is 1.00 bits per heavy atom. The summed E-state index contributed by atoms with van der Waals surface area (Å²) in [5.74, 6) is -0.266. The fourth-order valence-corrected chi connectivity index (χ4v) is 3.86. The van der Waals surface area contributed by atoms with E-state index in [9.17, 15) is 9.18 Å². The van der Waals surface area contributed by atoms with E-state index < -0.39 is 0 Å². The molecule has 156 valence electrons. The van der Waals surface area contributed by atoms with Crippen LogP contribution in [-0.4, -0.2) is 48.7 Å². The number of likely N-dealkylation sites (tertiary alicyclic amines) is 1. The van der Waals surface area contributed by atoms with Crippen molar-refractivity contribution in [1.82, 2.24) is 29.7 Å². The Kier molecular flexibility index (Phi) is 5.03. The van der Waals surface area contributed by atoms with Crippen LogP contribution in [0.2, 0.25) is 0 Å². The summed E-state index contributed by atoms with van der Waals surface area (Å²) >= 11 is 0. The maximum atomic E-state index is 13.1. The van der Waals surface area contributed by atoms with Gasteiger partial charge in [-0.25, -0.2) is 9.07 Å². The van der Waals surface area contributed by atoms with Crippen LogP contribution in [0.4, 0.5) is 4.39 Å². The van der Waals surface area contributed by atoms with E-state index in [0.717, 1.165) is 28.8 Å². The third kappa shape index (κ3) is 4.09. The van der Waals surface area contributed by atoms with Gasteiger partial charge in [0.1, 0.15) is 18.1 Å². The molecule has 0 bridgehead atoms. The Labute approximate surface area is 178 Å². The van der Waals surface area contributed by atoms with Crippen molar-refractivity contribution in [3.63, 3.8) is 0 Å². The summed E-state index contributed by atoms with van der Waals surface area (Å²) in [5.41, 5.74) is 3.57. The van der Waals surface area contributed by atoms with Crippen molar-refractivity contribution in [2.75, 3.05) is 13.1 Å². The minimum atomic E-state index is -0.279. The molecule has 3 heterocycles. The summed E-state index contributed by atoms with van der Waals surface area (Å²) in [7, 11) is 0. The van der Waals surface area contributed by atoms with Crippen LogP contribution in [0.15, 0.2) is 73.2 Å². The van der Waals surface area contributed by atoms with Gasteiger partial charge in [-0.2, -0.15) is 5.10 Å². The van der Waals surface area contributed by atoms with E-state index in [1.807, 2.05) is 52.3 Å². The van der Waals surface area contributed by atoms with Gasteiger partial charge in [-0.1, -0.05) is 47.7 Å². The largest absolute Gasteiger partial charge is 0.339 e. The molecule has 1 fully saturated rings. The summed E-state index contributed by atoms with van der Waals surface area (Å²) < 4.78 is 16.6. The van der Waals surface area contributed by atoms with Crippen LogP contribution in [0.5, 0.6) is 0 Å². The maximum absolute atomic E-state index is 13.1. The van der Waals surface area contributed by atoms with E-state index in [2.05, 4.69) is 15.4 Å². The molecular weight excluding hydrogens is 395 g/mol. The van der Waals surface area contributed by atoms with Crippen molar-refractivity contribution >= 4 is 5.91 Å². The second kappa shape index (κ2) is 8.14. The van der Waals surface area contributed by atoms with Gasteiger partial charge in [-0.3, -0.25) is 9.48 Å². The van der Waals surface area contributed by atoms with Crippen LogP contribution in [0.25, 0.3) is 22.4 Å². The third-order valence-corrected chi connectivity index (χ3v) is 5.58. The first kappa shape index (κ1) is 19.2. The first-order valence-corrected chi connectivity index (χ1v) is 10.2. The average Bonchev–Trinajstić information content (AvgIpc) is 3.55. The van der Waals surface area contributed by atoms with Gasteiger partial charge in [0.2, 0.25) is 5.91 Å². The van der Waals surface area contributed by atoms with Crippen molar-refractivity contribution in [2.45, 2.75) is 19.0 Å². The van der Waals surface area contributed by atoms with Gasteiger partial charge in [0.15, 0.2) is 0 Å². The van der Waals surface area contributed by atoms with Gasteiger partial charge in [0, 0.05) is 30.4 Å². The van der Waals surface area contributed by atoms with Gasteiger partial charge in [0.05, 0.1) is 18.4 Å². The normalized spacial score (nSPS) is 16.0. The maximum Gasteiger partial charge on any atom is 0.244 e. The van der Waals surface area contributed by atoms with Crippen molar-refractivity contribution in [2.24, 2.45) is 0 Å². The first-order valence-electron chi connectivity index (χ1n) is 10.2. The zero-order valence-corrected chi connectivity index (χ0v) is 16.8. The number of halogens is 1. The Morgan fingerprint density at radius 3 is 2.61 bits per heavy atom. The van der Waals surface area contributed by atoms with Crippen LogP contribution in [0.3, 0.4) is 0 Å². The Morgan fingerprint density at radius 2 is 1.81 bits per heavy atom. The fourth-order valence-electron chi connectivity index (χ4n) is 3.86. The molecule has 8 heteroatoms. The molecule has 2 aromatic heterocycles. The monoisotopic (exact) mass is 416 g/mol. The summed E-state index contributed by atoms with van der Waals surface area (Å²) in [6.07, 6.45) is 6.27. The van der Waals surface area contributed by atoms with E-state index >= 15 is 0 Å². The molecule has 1 amide bonds. The molecule has 7 nitrogen and oxygen atoms in total. The Balaban J connectivity index is 1.21. The molecule has 2 aromatic carbocycles. The molecule has 0 spiro atoms. The topological polar surface area (TPSA) is 68.8 Å². The summed E-state index contributed by atoms with van der Waals surface area (Å²) in [4.78, 5) is 14.6.